The van der Waals surface area contributed by atoms with E-state index in [1.165, 1.54) is 18.1 Å². The minimum atomic E-state index is -1.15. The molecule has 1 aliphatic rings. The molecule has 3 aromatic carbocycles. The number of nitrogens with one attached hydrogen (secondary N) is 2. The minimum Gasteiger partial charge on any atom is -0.465 e. The van der Waals surface area contributed by atoms with Crippen LogP contribution in [0.25, 0.3) is 0 Å². The van der Waals surface area contributed by atoms with Crippen LogP contribution in [0.2, 0.25) is 0 Å². The molecule has 1 heterocycles. The van der Waals surface area contributed by atoms with E-state index in [1.807, 2.05) is 54.6 Å². The lowest BCUT2D eigenvalue weighted by Gasteiger charge is -2.21. The zero-order valence-corrected chi connectivity index (χ0v) is 18.1. The number of fused-ring (bicyclic) bond motifs is 1. The van der Waals surface area contributed by atoms with E-state index < -0.39 is 18.2 Å². The Kier molecular flexibility index (Phi) is 6.17. The minimum absolute atomic E-state index is 0.292. The fourth-order valence-corrected chi connectivity index (χ4v) is 3.58. The van der Waals surface area contributed by atoms with Crippen molar-refractivity contribution in [2.45, 2.75) is 6.17 Å². The van der Waals surface area contributed by atoms with Crippen LogP contribution in [-0.4, -0.2) is 43.9 Å². The summed E-state index contributed by atoms with van der Waals surface area (Å²) in [6.07, 6.45) is -1.15. The number of methoxy groups -OCH3 is 1. The molecule has 0 aromatic heterocycles. The van der Waals surface area contributed by atoms with Crippen molar-refractivity contribution in [1.82, 2.24) is 5.32 Å². The Balaban J connectivity index is 1.64. The average Bonchev–Trinajstić information content (AvgIpc) is 2.95. The summed E-state index contributed by atoms with van der Waals surface area (Å²) in [5.74, 6) is -0.902. The maximum absolute atomic E-state index is 13.2. The summed E-state index contributed by atoms with van der Waals surface area (Å²) in [5, 5.41) is 5.28. The normalized spacial score (nSPS) is 15.1. The fraction of sp³-hybridized carbons (Fsp3) is 0.120. The Morgan fingerprint density at radius 2 is 1.70 bits per heavy atom. The molecule has 0 saturated heterocycles. The summed E-state index contributed by atoms with van der Waals surface area (Å²) >= 11 is 0. The Hall–Kier alpha value is -4.46. The Labute approximate surface area is 190 Å². The molecule has 166 valence electrons. The Morgan fingerprint density at radius 1 is 0.970 bits per heavy atom. The summed E-state index contributed by atoms with van der Waals surface area (Å²) in [6.45, 7) is 0. The molecule has 0 aliphatic carbocycles. The fourth-order valence-electron chi connectivity index (χ4n) is 3.58. The molecule has 8 heteroatoms. The van der Waals surface area contributed by atoms with Gasteiger partial charge < -0.3 is 20.3 Å². The first kappa shape index (κ1) is 21.8. The highest BCUT2D eigenvalue weighted by atomic mass is 16.5. The van der Waals surface area contributed by atoms with Gasteiger partial charge in [-0.3, -0.25) is 4.79 Å². The van der Waals surface area contributed by atoms with E-state index in [1.54, 1.807) is 25.2 Å². The summed E-state index contributed by atoms with van der Waals surface area (Å²) in [4.78, 5) is 43.8. The third kappa shape index (κ3) is 4.59. The molecule has 0 radical (unpaired) electrons. The lowest BCUT2D eigenvalue weighted by molar-refractivity contribution is -0.119. The van der Waals surface area contributed by atoms with Gasteiger partial charge in [0.2, 0.25) is 6.17 Å². The second-order valence-corrected chi connectivity index (χ2v) is 7.33. The largest absolute Gasteiger partial charge is 0.465 e. The number of carbonyl (C=O) groups excluding carboxylic acids is 3. The number of aliphatic imine (C=N–C) groups is 1. The third-order valence-corrected chi connectivity index (χ3v) is 5.20. The molecule has 2 N–H and O–H groups in total. The number of esters is 1. The summed E-state index contributed by atoms with van der Waals surface area (Å²) in [6, 6.07) is 22.6. The van der Waals surface area contributed by atoms with Crippen LogP contribution in [0.3, 0.4) is 0 Å². The monoisotopic (exact) mass is 442 g/mol. The van der Waals surface area contributed by atoms with Gasteiger partial charge in [0.25, 0.3) is 5.91 Å². The van der Waals surface area contributed by atoms with Crippen molar-refractivity contribution in [1.29, 1.82) is 0 Å². The molecular weight excluding hydrogens is 420 g/mol. The third-order valence-electron chi connectivity index (χ3n) is 5.20. The average molecular weight is 442 g/mol. The smallest absolute Gasteiger partial charge is 0.337 e. The van der Waals surface area contributed by atoms with Crippen molar-refractivity contribution < 1.29 is 19.1 Å². The number of hydrogen-bond donors (Lipinski definition) is 2. The lowest BCUT2D eigenvalue weighted by Crippen LogP contribution is -2.47. The first-order chi connectivity index (χ1) is 16.0. The van der Waals surface area contributed by atoms with Gasteiger partial charge in [-0.15, -0.1) is 0 Å². The van der Waals surface area contributed by atoms with Gasteiger partial charge in [-0.05, 0) is 24.3 Å². The van der Waals surface area contributed by atoms with Gasteiger partial charge in [-0.25, -0.2) is 14.6 Å². The van der Waals surface area contributed by atoms with Crippen LogP contribution in [0, 0.1) is 0 Å². The Bertz CT molecular complexity index is 1240. The maximum Gasteiger partial charge on any atom is 0.337 e. The highest BCUT2D eigenvalue weighted by molar-refractivity contribution is 6.20. The molecule has 0 bridgehead atoms. The van der Waals surface area contributed by atoms with E-state index in [0.717, 1.165) is 11.1 Å². The predicted molar refractivity (Wildman–Crippen MR) is 126 cm³/mol. The molecule has 0 spiro atoms. The van der Waals surface area contributed by atoms with Crippen LogP contribution in [0.5, 0.6) is 0 Å². The van der Waals surface area contributed by atoms with Crippen LogP contribution >= 0.6 is 0 Å². The SMILES string of the molecule is COC(=O)c1cccc(NC(=O)N[C@H]2N=C(c3ccccc3)c3ccccc3N(C)C2=O)c1. The predicted octanol–water partition coefficient (Wildman–Crippen LogP) is 3.43. The summed E-state index contributed by atoms with van der Waals surface area (Å²) in [5.41, 5.74) is 3.57. The molecule has 0 saturated carbocycles. The molecule has 0 fully saturated rings. The lowest BCUT2D eigenvalue weighted by atomic mass is 10.0. The van der Waals surface area contributed by atoms with Gasteiger partial charge in [0.1, 0.15) is 0 Å². The van der Waals surface area contributed by atoms with Crippen LogP contribution in [0.4, 0.5) is 16.2 Å². The molecule has 4 rings (SSSR count). The molecule has 8 nitrogen and oxygen atoms in total. The number of rotatable bonds is 4. The number of urea groups is 1. The molecule has 1 atom stereocenters. The van der Waals surface area contributed by atoms with Crippen molar-refractivity contribution in [2.75, 3.05) is 24.4 Å². The zero-order valence-electron chi connectivity index (χ0n) is 18.1. The second-order valence-electron chi connectivity index (χ2n) is 7.33. The number of para-hydroxylation sites is 1. The van der Waals surface area contributed by atoms with Gasteiger partial charge in [0.15, 0.2) is 0 Å². The second kappa shape index (κ2) is 9.35. The number of hydrogen-bond acceptors (Lipinski definition) is 5. The van der Waals surface area contributed by atoms with Crippen LogP contribution < -0.4 is 15.5 Å². The van der Waals surface area contributed by atoms with Gasteiger partial charge >= 0.3 is 12.0 Å². The van der Waals surface area contributed by atoms with Gasteiger partial charge in [-0.1, -0.05) is 54.6 Å². The van der Waals surface area contributed by atoms with E-state index in [0.29, 0.717) is 22.6 Å². The quantitative estimate of drug-likeness (QED) is 0.605. The maximum atomic E-state index is 13.2. The van der Waals surface area contributed by atoms with Crippen molar-refractivity contribution in [2.24, 2.45) is 4.99 Å². The van der Waals surface area contributed by atoms with Crippen molar-refractivity contribution in [3.63, 3.8) is 0 Å². The number of likely N-dealkylation sites (N-methyl/N-ethyl adjacent to an activating group) is 1. The van der Waals surface area contributed by atoms with Gasteiger partial charge in [-0.2, -0.15) is 0 Å². The van der Waals surface area contributed by atoms with Crippen LogP contribution in [-0.2, 0) is 9.53 Å². The zero-order chi connectivity index (χ0) is 23.4. The van der Waals surface area contributed by atoms with E-state index in [2.05, 4.69) is 15.6 Å². The first-order valence-electron chi connectivity index (χ1n) is 10.2. The Morgan fingerprint density at radius 3 is 2.45 bits per heavy atom. The topological polar surface area (TPSA) is 100 Å². The number of nitrogens with zero attached hydrogens (tertiary/aromatic N) is 2. The summed E-state index contributed by atoms with van der Waals surface area (Å²) in [7, 11) is 2.93. The summed E-state index contributed by atoms with van der Waals surface area (Å²) < 4.78 is 4.71. The van der Waals surface area contributed by atoms with Gasteiger partial charge in [0.05, 0.1) is 24.1 Å². The number of anilines is 2. The number of ether oxygens (including phenoxy) is 1. The van der Waals surface area contributed by atoms with E-state index in [-0.39, 0.29) is 5.91 Å². The molecular formula is C25H22N4O4. The van der Waals surface area contributed by atoms with E-state index in [9.17, 15) is 14.4 Å². The molecule has 33 heavy (non-hydrogen) atoms. The molecule has 0 unspecified atom stereocenters. The van der Waals surface area contributed by atoms with Gasteiger partial charge in [0, 0.05) is 23.9 Å². The van der Waals surface area contributed by atoms with E-state index >= 15 is 0 Å². The van der Waals surface area contributed by atoms with Crippen molar-refractivity contribution in [3.05, 3.63) is 95.6 Å². The van der Waals surface area contributed by atoms with Crippen LogP contribution in [0.15, 0.2) is 83.9 Å². The standard InChI is InChI=1S/C25H22N4O4/c1-29-20-14-7-6-13-19(20)21(16-9-4-3-5-10-16)27-22(23(29)30)28-25(32)26-18-12-8-11-17(15-18)24(31)33-2/h3-15,22H,1-2H3,(H2,26,28,32)/t22-/m1/s1. The van der Waals surface area contributed by atoms with Crippen LogP contribution in [0.1, 0.15) is 21.5 Å². The number of benzene rings is 3. The van der Waals surface area contributed by atoms with Crippen molar-refractivity contribution >= 4 is 35.0 Å². The molecule has 3 amide bonds. The van der Waals surface area contributed by atoms with E-state index in [4.69, 9.17) is 4.74 Å². The molecule has 3 aromatic rings. The molecule has 1 aliphatic heterocycles. The number of amides is 3. The highest BCUT2D eigenvalue weighted by Crippen LogP contribution is 2.27. The van der Waals surface area contributed by atoms with Crippen molar-refractivity contribution in [3.8, 4) is 0 Å². The number of benzodiazepines with no additional fused rings is 1. The highest BCUT2D eigenvalue weighted by Gasteiger charge is 2.31. The first-order valence-corrected chi connectivity index (χ1v) is 10.2. The number of carbonyl (C=O) groups is 3.